The molecule has 2 unspecified atom stereocenters. The number of hydrogen-bond acceptors (Lipinski definition) is 3. The SMILES string of the molecule is CC1CC(C)CN(c2ccnc(C(N)=O)c2)C1. The fourth-order valence-electron chi connectivity index (χ4n) is 2.62. The van der Waals surface area contributed by atoms with Crippen molar-refractivity contribution in [3.63, 3.8) is 0 Å². The van der Waals surface area contributed by atoms with Gasteiger partial charge < -0.3 is 10.6 Å². The van der Waals surface area contributed by atoms with Crippen molar-refractivity contribution in [3.8, 4) is 0 Å². The molecule has 2 rings (SSSR count). The molecule has 0 bridgehead atoms. The smallest absolute Gasteiger partial charge is 0.267 e. The second-order valence-corrected chi connectivity index (χ2v) is 5.11. The standard InChI is InChI=1S/C13H19N3O/c1-9-5-10(2)8-16(7-9)11-3-4-15-12(6-11)13(14)17/h3-4,6,9-10H,5,7-8H2,1-2H3,(H2,14,17). The lowest BCUT2D eigenvalue weighted by atomic mass is 9.91. The molecule has 2 N–H and O–H groups in total. The molecule has 0 aromatic carbocycles. The highest BCUT2D eigenvalue weighted by atomic mass is 16.1. The van der Waals surface area contributed by atoms with Gasteiger partial charge in [-0.3, -0.25) is 9.78 Å². The molecule has 92 valence electrons. The Bertz CT molecular complexity index is 409. The zero-order valence-electron chi connectivity index (χ0n) is 10.4. The number of nitrogens with zero attached hydrogens (tertiary/aromatic N) is 2. The first kappa shape index (κ1) is 11.9. The van der Waals surface area contributed by atoms with Crippen LogP contribution in [0.1, 0.15) is 30.8 Å². The number of rotatable bonds is 2. The van der Waals surface area contributed by atoms with Gasteiger partial charge in [-0.15, -0.1) is 0 Å². The molecule has 2 atom stereocenters. The number of pyridine rings is 1. The maximum atomic E-state index is 11.1. The van der Waals surface area contributed by atoms with Crippen LogP contribution in [-0.2, 0) is 0 Å². The molecule has 1 aromatic heterocycles. The minimum absolute atomic E-state index is 0.341. The first-order valence-corrected chi connectivity index (χ1v) is 6.07. The summed E-state index contributed by atoms with van der Waals surface area (Å²) < 4.78 is 0. The molecular formula is C13H19N3O. The van der Waals surface area contributed by atoms with Gasteiger partial charge in [-0.1, -0.05) is 13.8 Å². The van der Waals surface area contributed by atoms with E-state index in [2.05, 4.69) is 23.7 Å². The molecule has 1 saturated heterocycles. The minimum atomic E-state index is -0.468. The van der Waals surface area contributed by atoms with Crippen LogP contribution in [0.2, 0.25) is 0 Å². The van der Waals surface area contributed by atoms with E-state index < -0.39 is 5.91 Å². The van der Waals surface area contributed by atoms with E-state index in [9.17, 15) is 4.79 Å². The van der Waals surface area contributed by atoms with Crippen molar-refractivity contribution in [1.82, 2.24) is 4.98 Å². The lowest BCUT2D eigenvalue weighted by Gasteiger charge is -2.36. The minimum Gasteiger partial charge on any atom is -0.371 e. The second-order valence-electron chi connectivity index (χ2n) is 5.11. The van der Waals surface area contributed by atoms with E-state index in [-0.39, 0.29) is 0 Å². The number of hydrogen-bond donors (Lipinski definition) is 1. The van der Waals surface area contributed by atoms with Gasteiger partial charge in [-0.2, -0.15) is 0 Å². The van der Waals surface area contributed by atoms with E-state index in [0.29, 0.717) is 17.5 Å². The maximum absolute atomic E-state index is 11.1. The molecule has 1 fully saturated rings. The molecule has 1 amide bonds. The zero-order chi connectivity index (χ0) is 12.4. The van der Waals surface area contributed by atoms with Gasteiger partial charge in [-0.25, -0.2) is 0 Å². The molecular weight excluding hydrogens is 214 g/mol. The summed E-state index contributed by atoms with van der Waals surface area (Å²) in [6.07, 6.45) is 2.92. The summed E-state index contributed by atoms with van der Waals surface area (Å²) in [6.45, 7) is 6.59. The first-order valence-electron chi connectivity index (χ1n) is 6.07. The summed E-state index contributed by atoms with van der Waals surface area (Å²) in [7, 11) is 0. The fraction of sp³-hybridized carbons (Fsp3) is 0.538. The molecule has 0 radical (unpaired) electrons. The Labute approximate surface area is 102 Å². The largest absolute Gasteiger partial charge is 0.371 e. The van der Waals surface area contributed by atoms with Crippen molar-refractivity contribution in [2.45, 2.75) is 20.3 Å². The predicted octanol–water partition coefficient (Wildman–Crippen LogP) is 1.66. The van der Waals surface area contributed by atoms with Crippen LogP contribution in [0.3, 0.4) is 0 Å². The Kier molecular flexibility index (Phi) is 3.31. The number of anilines is 1. The summed E-state index contributed by atoms with van der Waals surface area (Å²) in [4.78, 5) is 17.4. The summed E-state index contributed by atoms with van der Waals surface area (Å²) in [5.41, 5.74) is 6.64. The molecule has 1 aromatic rings. The summed E-state index contributed by atoms with van der Waals surface area (Å²) in [6, 6.07) is 3.73. The third kappa shape index (κ3) is 2.75. The van der Waals surface area contributed by atoms with Gasteiger partial charge in [0.2, 0.25) is 0 Å². The highest BCUT2D eigenvalue weighted by molar-refractivity contribution is 5.91. The second kappa shape index (κ2) is 4.73. The lowest BCUT2D eigenvalue weighted by molar-refractivity contribution is 0.0995. The van der Waals surface area contributed by atoms with Crippen molar-refractivity contribution in [2.24, 2.45) is 17.6 Å². The molecule has 0 saturated carbocycles. The average Bonchev–Trinajstić information content (AvgIpc) is 2.28. The van der Waals surface area contributed by atoms with Crippen LogP contribution in [0.15, 0.2) is 18.3 Å². The molecule has 2 heterocycles. The Hall–Kier alpha value is -1.58. The summed E-state index contributed by atoms with van der Waals surface area (Å²) in [5, 5.41) is 0. The highest BCUT2D eigenvalue weighted by Crippen LogP contribution is 2.26. The predicted molar refractivity (Wildman–Crippen MR) is 67.9 cm³/mol. The van der Waals surface area contributed by atoms with Gasteiger partial charge in [0, 0.05) is 25.0 Å². The number of aromatic nitrogens is 1. The number of piperidine rings is 1. The number of amides is 1. The summed E-state index contributed by atoms with van der Waals surface area (Å²) in [5.74, 6) is 0.901. The van der Waals surface area contributed by atoms with Crippen molar-refractivity contribution < 1.29 is 4.79 Å². The van der Waals surface area contributed by atoms with Gasteiger partial charge in [0.15, 0.2) is 0 Å². The van der Waals surface area contributed by atoms with Crippen molar-refractivity contribution in [2.75, 3.05) is 18.0 Å². The highest BCUT2D eigenvalue weighted by Gasteiger charge is 2.22. The molecule has 1 aliphatic rings. The third-order valence-electron chi connectivity index (χ3n) is 3.23. The van der Waals surface area contributed by atoms with Gasteiger partial charge in [0.1, 0.15) is 5.69 Å². The quantitative estimate of drug-likeness (QED) is 0.845. The van der Waals surface area contributed by atoms with Crippen LogP contribution < -0.4 is 10.6 Å². The van der Waals surface area contributed by atoms with E-state index >= 15 is 0 Å². The van der Waals surface area contributed by atoms with Crippen LogP contribution in [0.25, 0.3) is 0 Å². The van der Waals surface area contributed by atoms with E-state index in [1.807, 2.05) is 6.07 Å². The third-order valence-corrected chi connectivity index (χ3v) is 3.23. The van der Waals surface area contributed by atoms with E-state index in [1.165, 1.54) is 6.42 Å². The Balaban J connectivity index is 2.21. The first-order chi connectivity index (χ1) is 8.06. The topological polar surface area (TPSA) is 59.2 Å². The normalized spacial score (nSPS) is 24.7. The summed E-state index contributed by atoms with van der Waals surface area (Å²) >= 11 is 0. The van der Waals surface area contributed by atoms with Gasteiger partial charge >= 0.3 is 0 Å². The molecule has 4 nitrogen and oxygen atoms in total. The average molecular weight is 233 g/mol. The number of carbonyl (C=O) groups is 1. The zero-order valence-corrected chi connectivity index (χ0v) is 10.4. The van der Waals surface area contributed by atoms with Crippen LogP contribution in [-0.4, -0.2) is 24.0 Å². The maximum Gasteiger partial charge on any atom is 0.267 e. The molecule has 0 spiro atoms. The van der Waals surface area contributed by atoms with E-state index in [1.54, 1.807) is 12.3 Å². The van der Waals surface area contributed by atoms with Crippen LogP contribution in [0.4, 0.5) is 5.69 Å². The van der Waals surface area contributed by atoms with Crippen molar-refractivity contribution in [1.29, 1.82) is 0 Å². The molecule has 0 aliphatic carbocycles. The van der Waals surface area contributed by atoms with E-state index in [4.69, 9.17) is 5.73 Å². The number of carbonyl (C=O) groups excluding carboxylic acids is 1. The van der Waals surface area contributed by atoms with Crippen LogP contribution in [0.5, 0.6) is 0 Å². The number of nitrogens with two attached hydrogens (primary N) is 1. The van der Waals surface area contributed by atoms with Crippen LogP contribution >= 0.6 is 0 Å². The van der Waals surface area contributed by atoms with Gasteiger partial charge in [-0.05, 0) is 30.4 Å². The monoisotopic (exact) mass is 233 g/mol. The van der Waals surface area contributed by atoms with Crippen molar-refractivity contribution >= 4 is 11.6 Å². The molecule has 4 heteroatoms. The van der Waals surface area contributed by atoms with Gasteiger partial charge in [0.05, 0.1) is 0 Å². The Morgan fingerprint density at radius 1 is 1.41 bits per heavy atom. The fourth-order valence-corrected chi connectivity index (χ4v) is 2.62. The lowest BCUT2D eigenvalue weighted by Crippen LogP contribution is -2.38. The molecule has 17 heavy (non-hydrogen) atoms. The van der Waals surface area contributed by atoms with Crippen LogP contribution in [0, 0.1) is 11.8 Å². The van der Waals surface area contributed by atoms with Crippen molar-refractivity contribution in [3.05, 3.63) is 24.0 Å². The van der Waals surface area contributed by atoms with Gasteiger partial charge in [0.25, 0.3) is 5.91 Å². The van der Waals surface area contributed by atoms with E-state index in [0.717, 1.165) is 18.8 Å². The Morgan fingerprint density at radius 2 is 2.06 bits per heavy atom. The Morgan fingerprint density at radius 3 is 2.65 bits per heavy atom. The number of primary amides is 1. The molecule has 1 aliphatic heterocycles.